The number of hydrogen-bond acceptors (Lipinski definition) is 5. The Kier molecular flexibility index (Phi) is 5.87. The highest BCUT2D eigenvalue weighted by molar-refractivity contribution is 7.15. The molecule has 0 spiro atoms. The van der Waals surface area contributed by atoms with Crippen molar-refractivity contribution in [3.8, 4) is 5.75 Å². The van der Waals surface area contributed by atoms with Crippen LogP contribution in [0.4, 0.5) is 5.13 Å². The molecule has 1 heterocycles. The fraction of sp³-hybridized carbons (Fsp3) is 0.353. The lowest BCUT2D eigenvalue weighted by atomic mass is 10.1. The largest absolute Gasteiger partial charge is 0.494 e. The van der Waals surface area contributed by atoms with Crippen LogP contribution in [0.25, 0.3) is 0 Å². The van der Waals surface area contributed by atoms with Crippen LogP contribution in [0.3, 0.4) is 0 Å². The highest BCUT2D eigenvalue weighted by Crippen LogP contribution is 2.21. The lowest BCUT2D eigenvalue weighted by molar-refractivity contribution is -0.116. The van der Waals surface area contributed by atoms with Crippen LogP contribution in [0.5, 0.6) is 5.75 Å². The van der Waals surface area contributed by atoms with Crippen molar-refractivity contribution in [3.63, 3.8) is 0 Å². The standard InChI is InChI=1S/C17H20N2O3S/c1-4-22-14-7-5-13(6-8-14)15(20)9-10-16(21)19-17-18-11(2)12(3)23-17/h5-8H,4,9-10H2,1-3H3,(H,18,19,21). The Balaban J connectivity index is 1.84. The van der Waals surface area contributed by atoms with Crippen LogP contribution in [-0.4, -0.2) is 23.3 Å². The van der Waals surface area contributed by atoms with Crippen LogP contribution in [0, 0.1) is 13.8 Å². The van der Waals surface area contributed by atoms with E-state index in [9.17, 15) is 9.59 Å². The van der Waals surface area contributed by atoms with Crippen molar-refractivity contribution >= 4 is 28.2 Å². The normalized spacial score (nSPS) is 10.4. The summed E-state index contributed by atoms with van der Waals surface area (Å²) in [5, 5.41) is 3.31. The summed E-state index contributed by atoms with van der Waals surface area (Å²) in [5.41, 5.74) is 1.50. The molecule has 0 saturated heterocycles. The minimum absolute atomic E-state index is 0.0605. The van der Waals surface area contributed by atoms with Crippen LogP contribution >= 0.6 is 11.3 Å². The van der Waals surface area contributed by atoms with Gasteiger partial charge in [0.05, 0.1) is 12.3 Å². The van der Waals surface area contributed by atoms with Gasteiger partial charge in [-0.15, -0.1) is 11.3 Å². The first-order valence-corrected chi connectivity index (χ1v) is 8.31. The number of anilines is 1. The number of ketones is 1. The van der Waals surface area contributed by atoms with Gasteiger partial charge in [-0.1, -0.05) is 0 Å². The number of carbonyl (C=O) groups excluding carboxylic acids is 2. The number of aryl methyl sites for hydroxylation is 2. The maximum atomic E-state index is 12.1. The number of rotatable bonds is 7. The maximum absolute atomic E-state index is 12.1. The number of hydrogen-bond donors (Lipinski definition) is 1. The first kappa shape index (κ1) is 17.1. The summed E-state index contributed by atoms with van der Waals surface area (Å²) < 4.78 is 5.34. The minimum Gasteiger partial charge on any atom is -0.494 e. The molecule has 0 fully saturated rings. The predicted octanol–water partition coefficient (Wildman–Crippen LogP) is 3.76. The van der Waals surface area contributed by atoms with E-state index in [2.05, 4.69) is 10.3 Å². The molecule has 0 bridgehead atoms. The monoisotopic (exact) mass is 332 g/mol. The first-order chi connectivity index (χ1) is 11.0. The molecule has 0 atom stereocenters. The Bertz CT molecular complexity index is 673. The molecule has 0 aliphatic heterocycles. The molecular weight excluding hydrogens is 312 g/mol. The molecule has 1 N–H and O–H groups in total. The van der Waals surface area contributed by atoms with E-state index in [4.69, 9.17) is 4.74 Å². The second kappa shape index (κ2) is 7.87. The number of nitrogens with one attached hydrogen (secondary N) is 1. The summed E-state index contributed by atoms with van der Waals surface area (Å²) in [6, 6.07) is 6.97. The van der Waals surface area contributed by atoms with Gasteiger partial charge < -0.3 is 10.1 Å². The summed E-state index contributed by atoms with van der Waals surface area (Å²) in [6.07, 6.45) is 0.312. The van der Waals surface area contributed by atoms with Crippen molar-refractivity contribution in [2.75, 3.05) is 11.9 Å². The van der Waals surface area contributed by atoms with E-state index in [1.165, 1.54) is 11.3 Å². The second-order valence-corrected chi connectivity index (χ2v) is 6.29. The number of nitrogens with zero attached hydrogens (tertiary/aromatic N) is 1. The van der Waals surface area contributed by atoms with Gasteiger partial charge in [-0.05, 0) is 45.0 Å². The van der Waals surface area contributed by atoms with Crippen LogP contribution in [0.15, 0.2) is 24.3 Å². The molecular formula is C17H20N2O3S. The van der Waals surface area contributed by atoms with E-state index >= 15 is 0 Å². The minimum atomic E-state index is -0.196. The van der Waals surface area contributed by atoms with Crippen molar-refractivity contribution < 1.29 is 14.3 Å². The van der Waals surface area contributed by atoms with Gasteiger partial charge in [-0.2, -0.15) is 0 Å². The lowest BCUT2D eigenvalue weighted by Gasteiger charge is -2.05. The highest BCUT2D eigenvalue weighted by atomic mass is 32.1. The molecule has 6 heteroatoms. The fourth-order valence-electron chi connectivity index (χ4n) is 1.98. The number of aromatic nitrogens is 1. The number of amides is 1. The molecule has 0 radical (unpaired) electrons. The quantitative estimate of drug-likeness (QED) is 0.784. The van der Waals surface area contributed by atoms with Crippen molar-refractivity contribution in [1.82, 2.24) is 4.98 Å². The van der Waals surface area contributed by atoms with Gasteiger partial charge in [0.25, 0.3) is 0 Å². The topological polar surface area (TPSA) is 68.3 Å². The third kappa shape index (κ3) is 4.89. The number of ether oxygens (including phenoxy) is 1. The summed E-state index contributed by atoms with van der Waals surface area (Å²) in [6.45, 7) is 6.35. The van der Waals surface area contributed by atoms with Crippen molar-refractivity contribution in [2.45, 2.75) is 33.6 Å². The SMILES string of the molecule is CCOc1ccc(C(=O)CCC(=O)Nc2nc(C)c(C)s2)cc1. The van der Waals surface area contributed by atoms with Gasteiger partial charge in [0.2, 0.25) is 5.91 Å². The highest BCUT2D eigenvalue weighted by Gasteiger charge is 2.12. The van der Waals surface area contributed by atoms with Crippen molar-refractivity contribution in [1.29, 1.82) is 0 Å². The molecule has 122 valence electrons. The van der Waals surface area contributed by atoms with E-state index in [0.29, 0.717) is 17.3 Å². The molecule has 1 aromatic carbocycles. The van der Waals surface area contributed by atoms with Gasteiger partial charge in [0.1, 0.15) is 5.75 Å². The lowest BCUT2D eigenvalue weighted by Crippen LogP contribution is -2.13. The van der Waals surface area contributed by atoms with Gasteiger partial charge >= 0.3 is 0 Å². The second-order valence-electron chi connectivity index (χ2n) is 5.09. The van der Waals surface area contributed by atoms with Gasteiger partial charge in [-0.25, -0.2) is 4.98 Å². The molecule has 5 nitrogen and oxygen atoms in total. The van der Waals surface area contributed by atoms with E-state index in [0.717, 1.165) is 16.3 Å². The van der Waals surface area contributed by atoms with E-state index in [1.54, 1.807) is 24.3 Å². The van der Waals surface area contributed by atoms with Crippen LogP contribution in [0.2, 0.25) is 0 Å². The van der Waals surface area contributed by atoms with E-state index in [1.807, 2.05) is 20.8 Å². The van der Waals surface area contributed by atoms with E-state index in [-0.39, 0.29) is 24.5 Å². The average Bonchev–Trinajstić information content (AvgIpc) is 2.84. The molecule has 1 aromatic heterocycles. The molecule has 0 aliphatic rings. The predicted molar refractivity (Wildman–Crippen MR) is 91.4 cm³/mol. The summed E-state index contributed by atoms with van der Waals surface area (Å²) in [5.74, 6) is 0.476. The zero-order valence-corrected chi connectivity index (χ0v) is 14.3. The first-order valence-electron chi connectivity index (χ1n) is 7.49. The Morgan fingerprint density at radius 1 is 1.17 bits per heavy atom. The van der Waals surface area contributed by atoms with Gasteiger partial charge in [0.15, 0.2) is 10.9 Å². The van der Waals surface area contributed by atoms with Crippen LogP contribution in [0.1, 0.15) is 40.7 Å². The Hall–Kier alpha value is -2.21. The Labute approximate surface area is 139 Å². The summed E-state index contributed by atoms with van der Waals surface area (Å²) >= 11 is 1.44. The number of benzene rings is 1. The Morgan fingerprint density at radius 3 is 2.43 bits per heavy atom. The molecule has 2 aromatic rings. The van der Waals surface area contributed by atoms with Crippen LogP contribution < -0.4 is 10.1 Å². The third-order valence-corrected chi connectivity index (χ3v) is 4.33. The number of carbonyl (C=O) groups is 2. The summed E-state index contributed by atoms with van der Waals surface area (Å²) in [7, 11) is 0. The van der Waals surface area contributed by atoms with Crippen LogP contribution in [-0.2, 0) is 4.79 Å². The third-order valence-electron chi connectivity index (χ3n) is 3.34. The fourth-order valence-corrected chi connectivity index (χ4v) is 2.81. The molecule has 2 rings (SSSR count). The van der Waals surface area contributed by atoms with Crippen molar-refractivity contribution in [3.05, 3.63) is 40.4 Å². The van der Waals surface area contributed by atoms with Gasteiger partial charge in [0, 0.05) is 23.3 Å². The van der Waals surface area contributed by atoms with Crippen molar-refractivity contribution in [2.24, 2.45) is 0 Å². The molecule has 1 amide bonds. The average molecular weight is 332 g/mol. The summed E-state index contributed by atoms with van der Waals surface area (Å²) in [4.78, 5) is 29.3. The molecule has 0 aliphatic carbocycles. The number of Topliss-reactive ketones (excluding diaryl/α,β-unsaturated/α-hetero) is 1. The maximum Gasteiger partial charge on any atom is 0.226 e. The van der Waals surface area contributed by atoms with Gasteiger partial charge in [-0.3, -0.25) is 9.59 Å². The molecule has 23 heavy (non-hydrogen) atoms. The molecule has 0 unspecified atom stereocenters. The smallest absolute Gasteiger partial charge is 0.226 e. The number of thiazole rings is 1. The Morgan fingerprint density at radius 2 is 1.87 bits per heavy atom. The van der Waals surface area contributed by atoms with E-state index < -0.39 is 0 Å². The molecule has 0 saturated carbocycles. The zero-order valence-electron chi connectivity index (χ0n) is 13.5. The zero-order chi connectivity index (χ0) is 16.8.